The van der Waals surface area contributed by atoms with Gasteiger partial charge < -0.3 is 15.3 Å². The number of aliphatic hydroxyl groups is 1. The van der Waals surface area contributed by atoms with Crippen LogP contribution in [0.3, 0.4) is 0 Å². The topological polar surface area (TPSA) is 35.5 Å². The number of piperidine rings is 1. The first-order valence-corrected chi connectivity index (χ1v) is 6.41. The van der Waals surface area contributed by atoms with Gasteiger partial charge in [-0.05, 0) is 31.7 Å². The van der Waals surface area contributed by atoms with Crippen LogP contribution in [-0.4, -0.2) is 48.3 Å². The predicted molar refractivity (Wildman–Crippen MR) is 61.9 cm³/mol. The SMILES string of the molecule is CCC1CCCN(CC2CC(O)CN2)C1. The van der Waals surface area contributed by atoms with Crippen molar-refractivity contribution >= 4 is 0 Å². The molecule has 0 amide bonds. The van der Waals surface area contributed by atoms with Gasteiger partial charge in [-0.15, -0.1) is 0 Å². The Balaban J connectivity index is 1.74. The molecule has 2 saturated heterocycles. The van der Waals surface area contributed by atoms with Crippen LogP contribution in [0.15, 0.2) is 0 Å². The molecule has 15 heavy (non-hydrogen) atoms. The second kappa shape index (κ2) is 5.28. The molecule has 0 aromatic rings. The number of β-amino-alcohol motifs (C(OH)–C–C–N with tert-alkyl or cyclic N) is 1. The summed E-state index contributed by atoms with van der Waals surface area (Å²) < 4.78 is 0. The summed E-state index contributed by atoms with van der Waals surface area (Å²) in [6, 6.07) is 0.524. The molecule has 0 bridgehead atoms. The van der Waals surface area contributed by atoms with Crippen LogP contribution in [0.25, 0.3) is 0 Å². The van der Waals surface area contributed by atoms with Crippen molar-refractivity contribution in [1.29, 1.82) is 0 Å². The van der Waals surface area contributed by atoms with Crippen molar-refractivity contribution in [2.24, 2.45) is 5.92 Å². The number of nitrogens with zero attached hydrogens (tertiary/aromatic N) is 1. The minimum absolute atomic E-state index is 0.109. The van der Waals surface area contributed by atoms with Crippen molar-refractivity contribution in [2.75, 3.05) is 26.2 Å². The van der Waals surface area contributed by atoms with E-state index in [1.165, 1.54) is 32.4 Å². The molecule has 88 valence electrons. The molecule has 2 fully saturated rings. The summed E-state index contributed by atoms with van der Waals surface area (Å²) in [5, 5.41) is 12.8. The molecule has 0 aromatic carbocycles. The molecule has 0 aliphatic carbocycles. The molecule has 2 N–H and O–H groups in total. The maximum Gasteiger partial charge on any atom is 0.0680 e. The maximum atomic E-state index is 9.45. The van der Waals surface area contributed by atoms with Gasteiger partial charge in [-0.2, -0.15) is 0 Å². The van der Waals surface area contributed by atoms with E-state index in [-0.39, 0.29) is 6.10 Å². The Bertz CT molecular complexity index is 198. The molecule has 2 aliphatic heterocycles. The minimum atomic E-state index is -0.109. The van der Waals surface area contributed by atoms with E-state index in [0.717, 1.165) is 25.4 Å². The lowest BCUT2D eigenvalue weighted by atomic mass is 9.95. The van der Waals surface area contributed by atoms with Crippen molar-refractivity contribution in [2.45, 2.75) is 44.8 Å². The molecular formula is C12H24N2O. The average molecular weight is 212 g/mol. The van der Waals surface area contributed by atoms with E-state index in [1.807, 2.05) is 0 Å². The van der Waals surface area contributed by atoms with Crippen molar-refractivity contribution in [1.82, 2.24) is 10.2 Å². The van der Waals surface area contributed by atoms with Crippen LogP contribution in [0, 0.1) is 5.92 Å². The van der Waals surface area contributed by atoms with Crippen LogP contribution in [0.2, 0.25) is 0 Å². The van der Waals surface area contributed by atoms with Gasteiger partial charge in [0.05, 0.1) is 6.10 Å². The molecule has 2 heterocycles. The summed E-state index contributed by atoms with van der Waals surface area (Å²) in [6.07, 6.45) is 4.91. The summed E-state index contributed by atoms with van der Waals surface area (Å²) >= 11 is 0. The highest BCUT2D eigenvalue weighted by Gasteiger charge is 2.26. The van der Waals surface area contributed by atoms with Gasteiger partial charge in [0, 0.05) is 25.7 Å². The lowest BCUT2D eigenvalue weighted by Crippen LogP contribution is -2.42. The molecule has 0 saturated carbocycles. The summed E-state index contributed by atoms with van der Waals surface area (Å²) in [5.74, 6) is 0.907. The summed E-state index contributed by atoms with van der Waals surface area (Å²) in [5.41, 5.74) is 0. The highest BCUT2D eigenvalue weighted by Crippen LogP contribution is 2.20. The van der Waals surface area contributed by atoms with Gasteiger partial charge in [0.2, 0.25) is 0 Å². The highest BCUT2D eigenvalue weighted by molar-refractivity contribution is 4.85. The zero-order valence-corrected chi connectivity index (χ0v) is 9.78. The van der Waals surface area contributed by atoms with E-state index in [0.29, 0.717) is 6.04 Å². The molecule has 3 unspecified atom stereocenters. The van der Waals surface area contributed by atoms with Crippen LogP contribution < -0.4 is 5.32 Å². The quantitative estimate of drug-likeness (QED) is 0.727. The molecule has 0 radical (unpaired) electrons. The fourth-order valence-corrected chi connectivity index (χ4v) is 2.90. The Morgan fingerprint density at radius 3 is 3.00 bits per heavy atom. The molecule has 3 heteroatoms. The number of hydrogen-bond donors (Lipinski definition) is 2. The van der Waals surface area contributed by atoms with Gasteiger partial charge in [-0.25, -0.2) is 0 Å². The fourth-order valence-electron chi connectivity index (χ4n) is 2.90. The van der Waals surface area contributed by atoms with Gasteiger partial charge in [0.15, 0.2) is 0 Å². The largest absolute Gasteiger partial charge is 0.392 e. The Hall–Kier alpha value is -0.120. The van der Waals surface area contributed by atoms with Crippen molar-refractivity contribution < 1.29 is 5.11 Å². The van der Waals surface area contributed by atoms with Crippen molar-refractivity contribution in [3.8, 4) is 0 Å². The second-order valence-corrected chi connectivity index (χ2v) is 5.17. The fraction of sp³-hybridized carbons (Fsp3) is 1.00. The molecule has 2 rings (SSSR count). The summed E-state index contributed by atoms with van der Waals surface area (Å²) in [7, 11) is 0. The lowest BCUT2D eigenvalue weighted by molar-refractivity contribution is 0.152. The summed E-state index contributed by atoms with van der Waals surface area (Å²) in [4.78, 5) is 2.58. The van der Waals surface area contributed by atoms with E-state index in [1.54, 1.807) is 0 Å². The maximum absolute atomic E-state index is 9.45. The van der Waals surface area contributed by atoms with Gasteiger partial charge in [-0.1, -0.05) is 13.3 Å². The van der Waals surface area contributed by atoms with E-state index in [9.17, 15) is 5.11 Å². The van der Waals surface area contributed by atoms with Crippen LogP contribution in [0.5, 0.6) is 0 Å². The number of likely N-dealkylation sites (tertiary alicyclic amines) is 1. The molecule has 0 aromatic heterocycles. The van der Waals surface area contributed by atoms with E-state index >= 15 is 0 Å². The van der Waals surface area contributed by atoms with E-state index < -0.39 is 0 Å². The molecule has 3 atom stereocenters. The number of aliphatic hydroxyl groups excluding tert-OH is 1. The standard InChI is InChI=1S/C12H24N2O/c1-2-10-4-3-5-14(8-10)9-11-6-12(15)7-13-11/h10-13,15H,2-9H2,1H3. The third-order valence-corrected chi connectivity index (χ3v) is 3.86. The first-order valence-electron chi connectivity index (χ1n) is 6.41. The predicted octanol–water partition coefficient (Wildman–Crippen LogP) is 0.831. The Morgan fingerprint density at radius 2 is 2.33 bits per heavy atom. The molecule has 2 aliphatic rings. The zero-order valence-electron chi connectivity index (χ0n) is 9.78. The Labute approximate surface area is 92.8 Å². The normalized spacial score (nSPS) is 38.4. The van der Waals surface area contributed by atoms with E-state index in [2.05, 4.69) is 17.1 Å². The lowest BCUT2D eigenvalue weighted by Gasteiger charge is -2.33. The van der Waals surface area contributed by atoms with Crippen molar-refractivity contribution in [3.05, 3.63) is 0 Å². The van der Waals surface area contributed by atoms with Gasteiger partial charge in [-0.3, -0.25) is 0 Å². The van der Waals surface area contributed by atoms with Crippen LogP contribution in [0.1, 0.15) is 32.6 Å². The number of nitrogens with one attached hydrogen (secondary N) is 1. The Morgan fingerprint density at radius 1 is 1.47 bits per heavy atom. The van der Waals surface area contributed by atoms with Crippen molar-refractivity contribution in [3.63, 3.8) is 0 Å². The van der Waals surface area contributed by atoms with Crippen LogP contribution in [-0.2, 0) is 0 Å². The average Bonchev–Trinajstić information content (AvgIpc) is 2.64. The number of rotatable bonds is 3. The van der Waals surface area contributed by atoms with Gasteiger partial charge in [0.25, 0.3) is 0 Å². The van der Waals surface area contributed by atoms with Gasteiger partial charge >= 0.3 is 0 Å². The summed E-state index contributed by atoms with van der Waals surface area (Å²) in [6.45, 7) is 6.74. The molecule has 0 spiro atoms. The Kier molecular flexibility index (Phi) is 4.00. The first kappa shape index (κ1) is 11.4. The smallest absolute Gasteiger partial charge is 0.0680 e. The highest BCUT2D eigenvalue weighted by atomic mass is 16.3. The van der Waals surface area contributed by atoms with Crippen LogP contribution >= 0.6 is 0 Å². The van der Waals surface area contributed by atoms with Gasteiger partial charge in [0.1, 0.15) is 0 Å². The third kappa shape index (κ3) is 3.16. The van der Waals surface area contributed by atoms with E-state index in [4.69, 9.17) is 0 Å². The minimum Gasteiger partial charge on any atom is -0.392 e. The number of hydrogen-bond acceptors (Lipinski definition) is 3. The molecular weight excluding hydrogens is 188 g/mol. The third-order valence-electron chi connectivity index (χ3n) is 3.86. The monoisotopic (exact) mass is 212 g/mol. The zero-order chi connectivity index (χ0) is 10.7. The second-order valence-electron chi connectivity index (χ2n) is 5.17. The first-order chi connectivity index (χ1) is 7.28. The van der Waals surface area contributed by atoms with Crippen LogP contribution in [0.4, 0.5) is 0 Å². The molecule has 3 nitrogen and oxygen atoms in total.